The van der Waals surface area contributed by atoms with Crippen LogP contribution in [-0.2, 0) is 11.2 Å². The molecule has 3 rings (SSSR count). The molecule has 0 bridgehead atoms. The number of halogens is 2. The van der Waals surface area contributed by atoms with Crippen molar-refractivity contribution < 1.29 is 14.3 Å². The molecule has 0 aromatic heterocycles. The Bertz CT molecular complexity index is 778. The van der Waals surface area contributed by atoms with E-state index in [0.29, 0.717) is 22.0 Å². The van der Waals surface area contributed by atoms with Gasteiger partial charge in [-0.2, -0.15) is 0 Å². The molecule has 0 fully saturated rings. The lowest BCUT2D eigenvalue weighted by molar-refractivity contribution is -0.127. The van der Waals surface area contributed by atoms with E-state index < -0.39 is 11.8 Å². The van der Waals surface area contributed by atoms with Gasteiger partial charge in [-0.1, -0.05) is 23.2 Å². The van der Waals surface area contributed by atoms with Crippen LogP contribution in [0.15, 0.2) is 42.5 Å². The minimum absolute atomic E-state index is 0.247. The number of hydrogen-bond donors (Lipinski definition) is 2. The topological polar surface area (TPSA) is 67.4 Å². The number of hydrazine groups is 1. The van der Waals surface area contributed by atoms with Gasteiger partial charge in [-0.15, -0.1) is 0 Å². The second-order valence-corrected chi connectivity index (χ2v) is 6.29. The van der Waals surface area contributed by atoms with Crippen LogP contribution < -0.4 is 15.6 Å². The van der Waals surface area contributed by atoms with E-state index in [1.807, 2.05) is 0 Å². The summed E-state index contributed by atoms with van der Waals surface area (Å²) < 4.78 is 5.57. The molecule has 0 saturated carbocycles. The molecule has 2 N–H and O–H groups in total. The summed E-state index contributed by atoms with van der Waals surface area (Å²) in [6.07, 6.45) is 0.499. The summed E-state index contributed by atoms with van der Waals surface area (Å²) in [6, 6.07) is 11.7. The van der Waals surface area contributed by atoms with E-state index in [4.69, 9.17) is 27.9 Å². The first kappa shape index (κ1) is 16.6. The standard InChI is InChI=1S/C17H14Cl2N2O3/c18-13-3-1-10(2-4-13)16(22)20-21-17(23)12-7-11-8-14(19)5-6-15(11)24-9-12/h1-6,8,12H,7,9H2,(H,20,22)(H,21,23)/t12-/m0/s1. The number of ether oxygens (including phenoxy) is 1. The van der Waals surface area contributed by atoms with Crippen LogP contribution in [0.4, 0.5) is 0 Å². The molecule has 0 saturated heterocycles. The lowest BCUT2D eigenvalue weighted by Crippen LogP contribution is -2.47. The van der Waals surface area contributed by atoms with Crippen molar-refractivity contribution in [2.24, 2.45) is 5.92 Å². The quantitative estimate of drug-likeness (QED) is 0.804. The number of carbonyl (C=O) groups is 2. The highest BCUT2D eigenvalue weighted by Crippen LogP contribution is 2.29. The van der Waals surface area contributed by atoms with Crippen molar-refractivity contribution in [2.45, 2.75) is 6.42 Å². The molecule has 0 aliphatic carbocycles. The smallest absolute Gasteiger partial charge is 0.269 e. The summed E-state index contributed by atoms with van der Waals surface area (Å²) in [5, 5.41) is 1.13. The molecule has 1 aliphatic heterocycles. The molecule has 24 heavy (non-hydrogen) atoms. The molecule has 0 radical (unpaired) electrons. The molecule has 1 atom stereocenters. The zero-order valence-corrected chi connectivity index (χ0v) is 14.0. The number of fused-ring (bicyclic) bond motifs is 1. The van der Waals surface area contributed by atoms with Gasteiger partial charge in [0.25, 0.3) is 5.91 Å². The predicted molar refractivity (Wildman–Crippen MR) is 91.2 cm³/mol. The van der Waals surface area contributed by atoms with Crippen LogP contribution in [0.3, 0.4) is 0 Å². The molecule has 7 heteroatoms. The van der Waals surface area contributed by atoms with E-state index in [0.717, 1.165) is 11.3 Å². The predicted octanol–water partition coefficient (Wildman–Crippen LogP) is 3.01. The first-order valence-corrected chi connectivity index (χ1v) is 8.05. The molecular weight excluding hydrogens is 351 g/mol. The lowest BCUT2D eigenvalue weighted by Gasteiger charge is -2.24. The Kier molecular flexibility index (Phi) is 4.92. The van der Waals surface area contributed by atoms with Crippen molar-refractivity contribution >= 4 is 35.0 Å². The normalized spacial score (nSPS) is 15.8. The summed E-state index contributed by atoms with van der Waals surface area (Å²) in [5.41, 5.74) is 6.09. The van der Waals surface area contributed by atoms with Crippen LogP contribution in [0.25, 0.3) is 0 Å². The highest BCUT2D eigenvalue weighted by Gasteiger charge is 2.26. The minimum atomic E-state index is -0.416. The lowest BCUT2D eigenvalue weighted by atomic mass is 9.96. The largest absolute Gasteiger partial charge is 0.492 e. The van der Waals surface area contributed by atoms with Gasteiger partial charge in [0.05, 0.1) is 5.92 Å². The Hall–Kier alpha value is -2.24. The van der Waals surface area contributed by atoms with Crippen molar-refractivity contribution in [1.29, 1.82) is 0 Å². The highest BCUT2D eigenvalue weighted by molar-refractivity contribution is 6.31. The molecule has 2 aromatic carbocycles. The molecule has 2 aromatic rings. The van der Waals surface area contributed by atoms with Gasteiger partial charge in [0, 0.05) is 15.6 Å². The van der Waals surface area contributed by atoms with E-state index in [9.17, 15) is 9.59 Å². The summed E-state index contributed by atoms with van der Waals surface area (Å²) in [6.45, 7) is 0.247. The molecule has 1 heterocycles. The van der Waals surface area contributed by atoms with Crippen LogP contribution in [-0.4, -0.2) is 18.4 Å². The van der Waals surface area contributed by atoms with Crippen molar-refractivity contribution in [3.8, 4) is 5.75 Å². The third kappa shape index (κ3) is 3.80. The van der Waals surface area contributed by atoms with Crippen molar-refractivity contribution in [2.75, 3.05) is 6.61 Å². The van der Waals surface area contributed by atoms with Crippen LogP contribution in [0.5, 0.6) is 5.75 Å². The van der Waals surface area contributed by atoms with Crippen molar-refractivity contribution in [1.82, 2.24) is 10.9 Å². The van der Waals surface area contributed by atoms with Gasteiger partial charge in [0.1, 0.15) is 12.4 Å². The second-order valence-electron chi connectivity index (χ2n) is 5.41. The maximum Gasteiger partial charge on any atom is 0.269 e. The summed E-state index contributed by atoms with van der Waals surface area (Å²) in [4.78, 5) is 24.2. The molecular formula is C17H14Cl2N2O3. The van der Waals surface area contributed by atoms with Crippen LogP contribution in [0.1, 0.15) is 15.9 Å². The van der Waals surface area contributed by atoms with Gasteiger partial charge in [-0.25, -0.2) is 0 Å². The Morgan fingerprint density at radius 2 is 1.71 bits per heavy atom. The van der Waals surface area contributed by atoms with Gasteiger partial charge in [-0.3, -0.25) is 20.4 Å². The Morgan fingerprint density at radius 1 is 1.00 bits per heavy atom. The molecule has 5 nitrogen and oxygen atoms in total. The first-order chi connectivity index (χ1) is 11.5. The third-order valence-corrected chi connectivity index (χ3v) is 4.19. The Morgan fingerprint density at radius 3 is 2.46 bits per heavy atom. The maximum atomic E-state index is 12.2. The van der Waals surface area contributed by atoms with Crippen LogP contribution in [0.2, 0.25) is 10.0 Å². The average molecular weight is 365 g/mol. The van der Waals surface area contributed by atoms with E-state index in [2.05, 4.69) is 10.9 Å². The summed E-state index contributed by atoms with van der Waals surface area (Å²) >= 11 is 11.7. The minimum Gasteiger partial charge on any atom is -0.492 e. The number of nitrogens with one attached hydrogen (secondary N) is 2. The SMILES string of the molecule is O=C(NNC(=O)[C@@H]1COc2ccc(Cl)cc2C1)c1ccc(Cl)cc1. The Balaban J connectivity index is 1.58. The zero-order valence-electron chi connectivity index (χ0n) is 12.5. The molecule has 0 spiro atoms. The molecule has 1 aliphatic rings. The van der Waals surface area contributed by atoms with Crippen LogP contribution in [0, 0.1) is 5.92 Å². The van der Waals surface area contributed by atoms with Gasteiger partial charge < -0.3 is 4.74 Å². The maximum absolute atomic E-state index is 12.2. The zero-order chi connectivity index (χ0) is 17.1. The van der Waals surface area contributed by atoms with E-state index in [-0.39, 0.29) is 12.5 Å². The van der Waals surface area contributed by atoms with Crippen molar-refractivity contribution in [3.05, 3.63) is 63.6 Å². The average Bonchev–Trinajstić information content (AvgIpc) is 2.59. The number of benzene rings is 2. The fraction of sp³-hybridized carbons (Fsp3) is 0.176. The van der Waals surface area contributed by atoms with Crippen LogP contribution >= 0.6 is 23.2 Å². The van der Waals surface area contributed by atoms with Gasteiger partial charge >= 0.3 is 0 Å². The molecule has 0 unspecified atom stereocenters. The van der Waals surface area contributed by atoms with E-state index in [1.165, 1.54) is 0 Å². The number of carbonyl (C=O) groups excluding carboxylic acids is 2. The van der Waals surface area contributed by atoms with Gasteiger partial charge in [0.15, 0.2) is 0 Å². The number of hydrogen-bond acceptors (Lipinski definition) is 3. The Labute approximate surface area is 148 Å². The summed E-state index contributed by atoms with van der Waals surface area (Å²) in [7, 11) is 0. The third-order valence-electron chi connectivity index (χ3n) is 3.71. The first-order valence-electron chi connectivity index (χ1n) is 7.30. The van der Waals surface area contributed by atoms with Crippen molar-refractivity contribution in [3.63, 3.8) is 0 Å². The molecule has 2 amide bonds. The summed E-state index contributed by atoms with van der Waals surface area (Å²) in [5.74, 6) is -0.404. The number of rotatable bonds is 2. The number of amides is 2. The highest BCUT2D eigenvalue weighted by atomic mass is 35.5. The van der Waals surface area contributed by atoms with Gasteiger partial charge in [-0.05, 0) is 54.4 Å². The second kappa shape index (κ2) is 7.11. The monoisotopic (exact) mass is 364 g/mol. The van der Waals surface area contributed by atoms with Gasteiger partial charge in [0.2, 0.25) is 5.91 Å². The fourth-order valence-corrected chi connectivity index (χ4v) is 2.75. The fourth-order valence-electron chi connectivity index (χ4n) is 2.43. The molecule has 124 valence electrons. The van der Waals surface area contributed by atoms with E-state index >= 15 is 0 Å². The van der Waals surface area contributed by atoms with E-state index in [1.54, 1.807) is 42.5 Å².